The van der Waals surface area contributed by atoms with Gasteiger partial charge in [0.15, 0.2) is 10.4 Å². The summed E-state index contributed by atoms with van der Waals surface area (Å²) < 4.78 is 3.38. The van der Waals surface area contributed by atoms with E-state index in [1.54, 1.807) is 0 Å². The molecule has 0 spiro atoms. The minimum Gasteiger partial charge on any atom is -0.329 e. The van der Waals surface area contributed by atoms with Gasteiger partial charge in [-0.15, -0.1) is 0 Å². The van der Waals surface area contributed by atoms with Gasteiger partial charge in [0.05, 0.1) is 11.2 Å². The highest BCUT2D eigenvalue weighted by atomic mass is 79.9. The molecule has 1 N–H and O–H groups in total. The third-order valence-corrected chi connectivity index (χ3v) is 4.00. The highest BCUT2D eigenvalue weighted by Crippen LogP contribution is 2.27. The Morgan fingerprint density at radius 3 is 2.95 bits per heavy atom. The average molecular weight is 355 g/mol. The molecule has 0 unspecified atom stereocenters. The van der Waals surface area contributed by atoms with Crippen molar-refractivity contribution in [2.75, 3.05) is 0 Å². The summed E-state index contributed by atoms with van der Waals surface area (Å²) in [5.41, 5.74) is 3.66. The maximum Gasteiger partial charge on any atom is 0.184 e. The number of nitrogens with zero attached hydrogens (tertiary/aromatic N) is 2. The Hall–Kier alpha value is -1.17. The van der Waals surface area contributed by atoms with Crippen LogP contribution in [0.25, 0.3) is 16.9 Å². The lowest BCUT2D eigenvalue weighted by molar-refractivity contribution is 1.04. The molecule has 0 saturated heterocycles. The summed E-state index contributed by atoms with van der Waals surface area (Å²) in [7, 11) is 0. The van der Waals surface area contributed by atoms with Crippen LogP contribution in [-0.4, -0.2) is 14.5 Å². The number of aromatic nitrogens is 3. The fourth-order valence-electron chi connectivity index (χ4n) is 1.98. The number of H-pyrrole nitrogens is 1. The van der Waals surface area contributed by atoms with E-state index >= 15 is 0 Å². The summed E-state index contributed by atoms with van der Waals surface area (Å²) in [6, 6.07) is 7.60. The second-order valence-corrected chi connectivity index (χ2v) is 5.92. The minimum atomic E-state index is 0.594. The molecule has 2 heterocycles. The second kappa shape index (κ2) is 4.74. The van der Waals surface area contributed by atoms with Gasteiger partial charge in [-0.3, -0.25) is 4.57 Å². The van der Waals surface area contributed by atoms with Crippen molar-refractivity contribution in [3.05, 3.63) is 50.3 Å². The van der Waals surface area contributed by atoms with E-state index in [0.717, 1.165) is 26.9 Å². The van der Waals surface area contributed by atoms with E-state index in [9.17, 15) is 0 Å². The Bertz CT molecular complexity index is 838. The number of halogens is 2. The molecule has 6 heteroatoms. The molecule has 0 fully saturated rings. The topological polar surface area (TPSA) is 33.6 Å². The summed E-state index contributed by atoms with van der Waals surface area (Å²) >= 11 is 15.0. The zero-order chi connectivity index (χ0) is 13.6. The van der Waals surface area contributed by atoms with Gasteiger partial charge in [0, 0.05) is 15.7 Å². The van der Waals surface area contributed by atoms with Crippen LogP contribution in [0.15, 0.2) is 34.9 Å². The van der Waals surface area contributed by atoms with Crippen molar-refractivity contribution in [1.82, 2.24) is 14.5 Å². The summed E-state index contributed by atoms with van der Waals surface area (Å²) in [5, 5.41) is 0.654. The molecule has 0 aliphatic heterocycles. The van der Waals surface area contributed by atoms with E-state index in [1.165, 1.54) is 0 Å². The van der Waals surface area contributed by atoms with Crippen LogP contribution in [0.2, 0.25) is 5.02 Å². The Morgan fingerprint density at radius 1 is 1.37 bits per heavy atom. The quantitative estimate of drug-likeness (QED) is 0.636. The van der Waals surface area contributed by atoms with Crippen LogP contribution in [0.3, 0.4) is 0 Å². The fourth-order valence-corrected chi connectivity index (χ4v) is 2.87. The number of imidazole rings is 1. The summed E-state index contributed by atoms with van der Waals surface area (Å²) in [6.07, 6.45) is 1.82. The number of nitrogens with one attached hydrogen (secondary N) is 1. The summed E-state index contributed by atoms with van der Waals surface area (Å²) in [6.45, 7) is 2.00. The van der Waals surface area contributed by atoms with Gasteiger partial charge in [-0.25, -0.2) is 4.98 Å². The molecule has 0 amide bonds. The first-order valence-electron chi connectivity index (χ1n) is 5.59. The van der Waals surface area contributed by atoms with Crippen molar-refractivity contribution >= 4 is 50.9 Å². The molecule has 3 nitrogen and oxygen atoms in total. The maximum atomic E-state index is 6.06. The third kappa shape index (κ3) is 2.22. The number of benzene rings is 1. The number of pyridine rings is 1. The van der Waals surface area contributed by atoms with Crippen LogP contribution in [-0.2, 0) is 0 Å². The molecular weight excluding hydrogens is 346 g/mol. The number of hydrogen-bond acceptors (Lipinski definition) is 2. The molecule has 0 aliphatic rings. The highest BCUT2D eigenvalue weighted by molar-refractivity contribution is 9.10. The van der Waals surface area contributed by atoms with E-state index in [0.29, 0.717) is 9.79 Å². The lowest BCUT2D eigenvalue weighted by Gasteiger charge is -2.07. The first-order valence-corrected chi connectivity index (χ1v) is 7.17. The normalized spacial score (nSPS) is 11.1. The number of aromatic amines is 1. The zero-order valence-corrected chi connectivity index (χ0v) is 13.1. The number of rotatable bonds is 1. The predicted molar refractivity (Wildman–Crippen MR) is 83.7 cm³/mol. The zero-order valence-electron chi connectivity index (χ0n) is 9.95. The molecule has 19 heavy (non-hydrogen) atoms. The molecule has 3 rings (SSSR count). The van der Waals surface area contributed by atoms with Gasteiger partial charge < -0.3 is 4.98 Å². The van der Waals surface area contributed by atoms with Crippen LogP contribution in [0.1, 0.15) is 5.56 Å². The van der Waals surface area contributed by atoms with Crippen molar-refractivity contribution in [2.45, 2.75) is 6.92 Å². The van der Waals surface area contributed by atoms with E-state index in [4.69, 9.17) is 23.8 Å². The van der Waals surface area contributed by atoms with Gasteiger partial charge in [-0.1, -0.05) is 11.6 Å². The van der Waals surface area contributed by atoms with E-state index < -0.39 is 0 Å². The van der Waals surface area contributed by atoms with Crippen molar-refractivity contribution < 1.29 is 0 Å². The number of aryl methyl sites for hydroxylation is 1. The predicted octanol–water partition coefficient (Wildman–Crippen LogP) is 4.81. The average Bonchev–Trinajstić information content (AvgIpc) is 2.67. The molecule has 0 radical (unpaired) electrons. The summed E-state index contributed by atoms with van der Waals surface area (Å²) in [4.78, 5) is 7.61. The molecule has 2 aromatic heterocycles. The number of hydrogen-bond donors (Lipinski definition) is 1. The Morgan fingerprint density at radius 2 is 2.16 bits per heavy atom. The van der Waals surface area contributed by atoms with Gasteiger partial charge in [0.1, 0.15) is 0 Å². The molecule has 0 atom stereocenters. The molecule has 96 valence electrons. The minimum absolute atomic E-state index is 0.594. The molecule has 3 aromatic rings. The second-order valence-electron chi connectivity index (χ2n) is 4.25. The van der Waals surface area contributed by atoms with E-state index in [-0.39, 0.29) is 0 Å². The van der Waals surface area contributed by atoms with Gasteiger partial charge >= 0.3 is 0 Å². The first kappa shape index (κ1) is 12.8. The largest absolute Gasteiger partial charge is 0.329 e. The fraction of sp³-hybridized carbons (Fsp3) is 0.0769. The van der Waals surface area contributed by atoms with Crippen molar-refractivity contribution in [1.29, 1.82) is 0 Å². The molecule has 1 aromatic carbocycles. The molecule has 0 bridgehead atoms. The molecular formula is C13H9BrClN3S. The molecule has 0 aliphatic carbocycles. The SMILES string of the molecule is Cc1cnc2c(c1)[nH]c(=S)n2-c1cc(Cl)ccc1Br. The van der Waals surface area contributed by atoms with Crippen molar-refractivity contribution in [3.8, 4) is 5.69 Å². The third-order valence-electron chi connectivity index (χ3n) is 2.81. The van der Waals surface area contributed by atoms with Crippen LogP contribution < -0.4 is 0 Å². The standard InChI is InChI=1S/C13H9BrClN3S/c1-7-4-10-12(16-6-7)18(13(19)17-10)11-5-8(15)2-3-9(11)14/h2-6H,1H3,(H,17,19). The highest BCUT2D eigenvalue weighted by Gasteiger charge is 2.11. The lowest BCUT2D eigenvalue weighted by Crippen LogP contribution is -1.97. The Balaban J connectivity index is 2.39. The Kier molecular flexibility index (Phi) is 3.20. The Labute approximate surface area is 128 Å². The van der Waals surface area contributed by atoms with Crippen molar-refractivity contribution in [3.63, 3.8) is 0 Å². The van der Waals surface area contributed by atoms with Crippen molar-refractivity contribution in [2.24, 2.45) is 0 Å². The van der Waals surface area contributed by atoms with Crippen LogP contribution >= 0.6 is 39.7 Å². The summed E-state index contributed by atoms with van der Waals surface area (Å²) in [5.74, 6) is 0. The van der Waals surface area contributed by atoms with Gasteiger partial charge in [0.25, 0.3) is 0 Å². The van der Waals surface area contributed by atoms with Gasteiger partial charge in [0.2, 0.25) is 0 Å². The van der Waals surface area contributed by atoms with Crippen LogP contribution in [0, 0.1) is 11.7 Å². The lowest BCUT2D eigenvalue weighted by atomic mass is 10.3. The van der Waals surface area contributed by atoms with E-state index in [2.05, 4.69) is 25.9 Å². The van der Waals surface area contributed by atoms with Gasteiger partial charge in [-0.05, 0) is 64.9 Å². The van der Waals surface area contributed by atoms with Crippen LogP contribution in [0.4, 0.5) is 0 Å². The first-order chi connectivity index (χ1) is 9.06. The smallest absolute Gasteiger partial charge is 0.184 e. The van der Waals surface area contributed by atoms with E-state index in [1.807, 2.05) is 42.0 Å². The van der Waals surface area contributed by atoms with Crippen LogP contribution in [0.5, 0.6) is 0 Å². The monoisotopic (exact) mass is 353 g/mol. The van der Waals surface area contributed by atoms with Gasteiger partial charge in [-0.2, -0.15) is 0 Å². The number of fused-ring (bicyclic) bond motifs is 1. The molecule has 0 saturated carbocycles. The maximum absolute atomic E-state index is 6.06.